The maximum Gasteiger partial charge on any atom is 0.341 e. The van der Waals surface area contributed by atoms with Crippen LogP contribution in [0, 0.1) is 0 Å². The largest absolute Gasteiger partial charge is 0.482 e. The van der Waals surface area contributed by atoms with Crippen LogP contribution in [0.3, 0.4) is 0 Å². The highest BCUT2D eigenvalue weighted by Crippen LogP contribution is 2.17. The van der Waals surface area contributed by atoms with Gasteiger partial charge in [-0.25, -0.2) is 17.9 Å². The molecule has 24 heavy (non-hydrogen) atoms. The van der Waals surface area contributed by atoms with E-state index in [9.17, 15) is 18.0 Å². The fraction of sp³-hybridized carbons (Fsp3) is 0.429. The molecule has 0 aliphatic rings. The first-order valence-electron chi connectivity index (χ1n) is 7.03. The predicted octanol–water partition coefficient (Wildman–Crippen LogP) is 0.0444. The Bertz CT molecular complexity index is 661. The van der Waals surface area contributed by atoms with Crippen LogP contribution in [0.4, 0.5) is 5.69 Å². The number of ether oxygens (including phenoxy) is 2. The third kappa shape index (κ3) is 8.46. The Kier molecular flexibility index (Phi) is 8.16. The summed E-state index contributed by atoms with van der Waals surface area (Å²) in [7, 11) is -2.07. The van der Waals surface area contributed by atoms with E-state index in [2.05, 4.69) is 10.0 Å². The summed E-state index contributed by atoms with van der Waals surface area (Å²) < 4.78 is 35.2. The number of amides is 1. The van der Waals surface area contributed by atoms with Crippen molar-refractivity contribution in [3.8, 4) is 5.75 Å². The van der Waals surface area contributed by atoms with Crippen LogP contribution in [0.1, 0.15) is 6.42 Å². The molecule has 0 saturated heterocycles. The standard InChI is InChI=1S/C14H20N2O7S/c1-22-6-3-7-24(20,21)15-9-13(17)16-11-4-2-5-12(8-11)23-10-14(18)19/h2,4-5,8,15H,3,6-7,9-10H2,1H3,(H,16,17)(H,18,19). The quantitative estimate of drug-likeness (QED) is 0.475. The highest BCUT2D eigenvalue weighted by Gasteiger charge is 2.12. The number of carbonyl (C=O) groups excluding carboxylic acids is 1. The average Bonchev–Trinajstić information content (AvgIpc) is 2.52. The Morgan fingerprint density at radius 2 is 2.04 bits per heavy atom. The second-order valence-corrected chi connectivity index (χ2v) is 6.67. The first kappa shape index (κ1) is 19.9. The number of methoxy groups -OCH3 is 1. The van der Waals surface area contributed by atoms with Gasteiger partial charge in [-0.3, -0.25) is 4.79 Å². The second-order valence-electron chi connectivity index (χ2n) is 4.74. The first-order chi connectivity index (χ1) is 11.3. The zero-order valence-electron chi connectivity index (χ0n) is 13.1. The van der Waals surface area contributed by atoms with Crippen molar-refractivity contribution in [1.29, 1.82) is 0 Å². The van der Waals surface area contributed by atoms with Crippen LogP contribution < -0.4 is 14.8 Å². The lowest BCUT2D eigenvalue weighted by atomic mass is 10.3. The van der Waals surface area contributed by atoms with Gasteiger partial charge in [-0.2, -0.15) is 0 Å². The van der Waals surface area contributed by atoms with Crippen molar-refractivity contribution >= 4 is 27.6 Å². The summed E-state index contributed by atoms with van der Waals surface area (Å²) in [5.41, 5.74) is 0.362. The number of carboxylic acids is 1. The number of anilines is 1. The molecule has 1 rings (SSSR count). The molecule has 0 aliphatic carbocycles. The van der Waals surface area contributed by atoms with Crippen LogP contribution in [0.25, 0.3) is 0 Å². The molecule has 0 unspecified atom stereocenters. The lowest BCUT2D eigenvalue weighted by Gasteiger charge is -2.09. The number of nitrogens with one attached hydrogen (secondary N) is 2. The first-order valence-corrected chi connectivity index (χ1v) is 8.68. The molecule has 0 heterocycles. The molecule has 1 aromatic rings. The van der Waals surface area contributed by atoms with Crippen LogP contribution >= 0.6 is 0 Å². The predicted molar refractivity (Wildman–Crippen MR) is 86.5 cm³/mol. The molecular weight excluding hydrogens is 340 g/mol. The molecule has 0 bridgehead atoms. The van der Waals surface area contributed by atoms with Gasteiger partial charge in [0.1, 0.15) is 5.75 Å². The average molecular weight is 360 g/mol. The maximum absolute atomic E-state index is 11.8. The van der Waals surface area contributed by atoms with Gasteiger partial charge >= 0.3 is 5.97 Å². The van der Waals surface area contributed by atoms with Crippen molar-refractivity contribution < 1.29 is 32.6 Å². The summed E-state index contributed by atoms with van der Waals surface area (Å²) in [6.45, 7) is -0.593. The highest BCUT2D eigenvalue weighted by molar-refractivity contribution is 7.89. The van der Waals surface area contributed by atoms with Crippen LogP contribution in [0.5, 0.6) is 5.75 Å². The zero-order chi connectivity index (χ0) is 18.0. The molecule has 10 heteroatoms. The van der Waals surface area contributed by atoms with Gasteiger partial charge in [0.25, 0.3) is 0 Å². The summed E-state index contributed by atoms with van der Waals surface area (Å²) in [4.78, 5) is 22.2. The Morgan fingerprint density at radius 1 is 1.29 bits per heavy atom. The summed E-state index contributed by atoms with van der Waals surface area (Å²) in [5, 5.41) is 11.0. The molecule has 0 radical (unpaired) electrons. The van der Waals surface area contributed by atoms with Gasteiger partial charge in [0, 0.05) is 25.5 Å². The van der Waals surface area contributed by atoms with Crippen molar-refractivity contribution in [3.63, 3.8) is 0 Å². The lowest BCUT2D eigenvalue weighted by Crippen LogP contribution is -2.34. The van der Waals surface area contributed by atoms with Gasteiger partial charge < -0.3 is 19.9 Å². The van der Waals surface area contributed by atoms with E-state index in [1.165, 1.54) is 19.2 Å². The third-order valence-corrected chi connectivity index (χ3v) is 4.10. The molecule has 1 amide bonds. The summed E-state index contributed by atoms with van der Waals surface area (Å²) in [6.07, 6.45) is 0.330. The van der Waals surface area contributed by atoms with E-state index < -0.39 is 35.1 Å². The summed E-state index contributed by atoms with van der Waals surface area (Å²) >= 11 is 0. The van der Waals surface area contributed by atoms with Crippen molar-refractivity contribution in [2.24, 2.45) is 0 Å². The normalized spacial score (nSPS) is 11.0. The highest BCUT2D eigenvalue weighted by atomic mass is 32.2. The Morgan fingerprint density at radius 3 is 2.71 bits per heavy atom. The van der Waals surface area contributed by atoms with Gasteiger partial charge in [-0.15, -0.1) is 0 Å². The van der Waals surface area contributed by atoms with Crippen molar-refractivity contribution in [1.82, 2.24) is 4.72 Å². The van der Waals surface area contributed by atoms with E-state index in [1.54, 1.807) is 12.1 Å². The van der Waals surface area contributed by atoms with Gasteiger partial charge in [-0.1, -0.05) is 6.07 Å². The van der Waals surface area contributed by atoms with Crippen molar-refractivity contribution in [2.45, 2.75) is 6.42 Å². The maximum atomic E-state index is 11.8. The summed E-state index contributed by atoms with van der Waals surface area (Å²) in [6, 6.07) is 6.12. The molecule has 134 valence electrons. The van der Waals surface area contributed by atoms with Gasteiger partial charge in [0.2, 0.25) is 15.9 Å². The van der Waals surface area contributed by atoms with Gasteiger partial charge in [-0.05, 0) is 18.6 Å². The van der Waals surface area contributed by atoms with E-state index in [0.29, 0.717) is 18.7 Å². The molecule has 0 saturated carbocycles. The molecule has 0 atom stereocenters. The molecule has 0 spiro atoms. The molecule has 0 fully saturated rings. The van der Waals surface area contributed by atoms with E-state index in [4.69, 9.17) is 14.6 Å². The summed E-state index contributed by atoms with van der Waals surface area (Å²) in [5.74, 6) is -1.53. The number of hydrogen-bond acceptors (Lipinski definition) is 6. The van der Waals surface area contributed by atoms with Gasteiger partial charge in [0.15, 0.2) is 6.61 Å². The minimum atomic E-state index is -3.55. The Balaban J connectivity index is 2.47. The molecule has 0 aromatic heterocycles. The topological polar surface area (TPSA) is 131 Å². The molecular formula is C14H20N2O7S. The fourth-order valence-electron chi connectivity index (χ4n) is 1.65. The van der Waals surface area contributed by atoms with Crippen LogP contribution in [0.2, 0.25) is 0 Å². The number of benzene rings is 1. The molecule has 0 aliphatic heterocycles. The van der Waals surface area contributed by atoms with Crippen molar-refractivity contribution in [3.05, 3.63) is 24.3 Å². The minimum Gasteiger partial charge on any atom is -0.482 e. The Labute approximate surface area is 140 Å². The van der Waals surface area contributed by atoms with Crippen LogP contribution in [-0.4, -0.2) is 58.0 Å². The number of carbonyl (C=O) groups is 2. The van der Waals surface area contributed by atoms with Crippen molar-refractivity contribution in [2.75, 3.05) is 37.9 Å². The van der Waals surface area contributed by atoms with Crippen LogP contribution in [-0.2, 0) is 24.3 Å². The molecule has 9 nitrogen and oxygen atoms in total. The van der Waals surface area contributed by atoms with Gasteiger partial charge in [0.05, 0.1) is 12.3 Å². The number of carboxylic acid groups (broad SMARTS) is 1. The lowest BCUT2D eigenvalue weighted by molar-refractivity contribution is -0.139. The molecule has 1 aromatic carbocycles. The Hall–Kier alpha value is -2.17. The van der Waals surface area contributed by atoms with Crippen LogP contribution in [0.15, 0.2) is 24.3 Å². The van der Waals surface area contributed by atoms with E-state index in [0.717, 1.165) is 0 Å². The zero-order valence-corrected chi connectivity index (χ0v) is 14.0. The molecule has 3 N–H and O–H groups in total. The fourth-order valence-corrected chi connectivity index (χ4v) is 2.65. The smallest absolute Gasteiger partial charge is 0.341 e. The van der Waals surface area contributed by atoms with E-state index in [-0.39, 0.29) is 11.5 Å². The minimum absolute atomic E-state index is 0.132. The second kappa shape index (κ2) is 9.85. The number of hydrogen-bond donors (Lipinski definition) is 3. The third-order valence-electron chi connectivity index (χ3n) is 2.69. The monoisotopic (exact) mass is 360 g/mol. The SMILES string of the molecule is COCCCS(=O)(=O)NCC(=O)Nc1cccc(OCC(=O)O)c1. The van der Waals surface area contributed by atoms with E-state index in [1.807, 2.05) is 0 Å². The number of sulfonamides is 1. The number of rotatable bonds is 11. The number of aliphatic carboxylic acids is 1. The van der Waals surface area contributed by atoms with E-state index >= 15 is 0 Å².